The first-order valence-electron chi connectivity index (χ1n) is 5.08. The van der Waals surface area contributed by atoms with E-state index in [2.05, 4.69) is 10.6 Å². The summed E-state index contributed by atoms with van der Waals surface area (Å²) in [4.78, 5) is 22.0. The molecule has 3 amide bonds. The van der Waals surface area contributed by atoms with Gasteiger partial charge in [-0.1, -0.05) is 13.0 Å². The molecule has 0 radical (unpaired) electrons. The van der Waals surface area contributed by atoms with Crippen molar-refractivity contribution in [2.75, 3.05) is 10.6 Å². The number of amides is 3. The number of nitrogens with two attached hydrogens (primary N) is 1. The lowest BCUT2D eigenvalue weighted by Crippen LogP contribution is -2.19. The molecule has 5 nitrogen and oxygen atoms in total. The van der Waals surface area contributed by atoms with Crippen LogP contribution in [0.1, 0.15) is 19.8 Å². The van der Waals surface area contributed by atoms with Gasteiger partial charge in [0.2, 0.25) is 5.91 Å². The third kappa shape index (κ3) is 4.00. The summed E-state index contributed by atoms with van der Waals surface area (Å²) in [6.07, 6.45) is 1.28. The molecule has 16 heavy (non-hydrogen) atoms. The zero-order valence-corrected chi connectivity index (χ0v) is 9.12. The Bertz CT molecular complexity index is 391. The molecule has 0 heterocycles. The smallest absolute Gasteiger partial charge is 0.316 e. The monoisotopic (exact) mass is 221 g/mol. The Hall–Kier alpha value is -2.04. The van der Waals surface area contributed by atoms with E-state index in [0.29, 0.717) is 17.8 Å². The number of nitrogens with one attached hydrogen (secondary N) is 2. The average Bonchev–Trinajstić information content (AvgIpc) is 2.17. The Kier molecular flexibility index (Phi) is 4.32. The van der Waals surface area contributed by atoms with Gasteiger partial charge in [0.25, 0.3) is 0 Å². The minimum absolute atomic E-state index is 0.0428. The van der Waals surface area contributed by atoms with Crippen LogP contribution in [0.3, 0.4) is 0 Å². The van der Waals surface area contributed by atoms with Gasteiger partial charge < -0.3 is 16.4 Å². The van der Waals surface area contributed by atoms with Crippen molar-refractivity contribution < 1.29 is 9.59 Å². The number of anilines is 2. The van der Waals surface area contributed by atoms with Crippen LogP contribution >= 0.6 is 0 Å². The first-order chi connectivity index (χ1) is 7.61. The summed E-state index contributed by atoms with van der Waals surface area (Å²) in [5, 5.41) is 5.16. The number of carbonyl (C=O) groups excluding carboxylic acids is 2. The van der Waals surface area contributed by atoms with Gasteiger partial charge in [0.05, 0.1) is 0 Å². The maximum Gasteiger partial charge on any atom is 0.316 e. The van der Waals surface area contributed by atoms with Gasteiger partial charge in [-0.05, 0) is 24.6 Å². The summed E-state index contributed by atoms with van der Waals surface area (Å²) < 4.78 is 0. The van der Waals surface area contributed by atoms with Crippen LogP contribution in [-0.4, -0.2) is 11.9 Å². The molecule has 0 saturated carbocycles. The lowest BCUT2D eigenvalue weighted by molar-refractivity contribution is -0.116. The summed E-state index contributed by atoms with van der Waals surface area (Å²) in [6, 6.07) is 6.20. The third-order valence-corrected chi connectivity index (χ3v) is 1.89. The number of hydrogen-bond donors (Lipinski definition) is 3. The van der Waals surface area contributed by atoms with E-state index in [1.165, 1.54) is 0 Å². The molecule has 0 aliphatic rings. The quantitative estimate of drug-likeness (QED) is 0.725. The summed E-state index contributed by atoms with van der Waals surface area (Å²) in [5.74, 6) is -0.0428. The zero-order chi connectivity index (χ0) is 12.0. The van der Waals surface area contributed by atoms with Crippen molar-refractivity contribution in [3.05, 3.63) is 24.3 Å². The first-order valence-corrected chi connectivity index (χ1v) is 5.08. The van der Waals surface area contributed by atoms with Gasteiger partial charge in [0, 0.05) is 17.8 Å². The number of rotatable bonds is 4. The molecule has 0 aliphatic carbocycles. The SMILES string of the molecule is CCCC(=O)Nc1cccc(NC(N)=O)c1. The van der Waals surface area contributed by atoms with Gasteiger partial charge in [-0.2, -0.15) is 0 Å². The summed E-state index contributed by atoms with van der Waals surface area (Å²) in [6.45, 7) is 1.94. The minimum Gasteiger partial charge on any atom is -0.351 e. The highest BCUT2D eigenvalue weighted by Gasteiger charge is 2.02. The molecular formula is C11H15N3O2. The van der Waals surface area contributed by atoms with E-state index in [1.54, 1.807) is 24.3 Å². The lowest BCUT2D eigenvalue weighted by atomic mass is 10.2. The summed E-state index contributed by atoms with van der Waals surface area (Å²) in [7, 11) is 0. The second-order valence-electron chi connectivity index (χ2n) is 3.37. The van der Waals surface area contributed by atoms with Crippen molar-refractivity contribution in [1.29, 1.82) is 0 Å². The maximum atomic E-state index is 11.3. The van der Waals surface area contributed by atoms with Crippen molar-refractivity contribution in [3.63, 3.8) is 0 Å². The van der Waals surface area contributed by atoms with Gasteiger partial charge in [-0.25, -0.2) is 4.79 Å². The molecule has 1 rings (SSSR count). The van der Waals surface area contributed by atoms with Gasteiger partial charge in [-0.3, -0.25) is 4.79 Å². The number of primary amides is 1. The number of urea groups is 1. The maximum absolute atomic E-state index is 11.3. The molecule has 1 aromatic rings. The molecule has 0 bridgehead atoms. The summed E-state index contributed by atoms with van der Waals surface area (Å²) >= 11 is 0. The molecule has 0 aliphatic heterocycles. The first kappa shape index (κ1) is 12.0. The number of benzene rings is 1. The van der Waals surface area contributed by atoms with Crippen LogP contribution in [0.5, 0.6) is 0 Å². The van der Waals surface area contributed by atoms with E-state index < -0.39 is 6.03 Å². The van der Waals surface area contributed by atoms with Crippen LogP contribution in [0.2, 0.25) is 0 Å². The molecule has 1 aromatic carbocycles. The molecule has 5 heteroatoms. The highest BCUT2D eigenvalue weighted by atomic mass is 16.2. The van der Waals surface area contributed by atoms with Gasteiger partial charge >= 0.3 is 6.03 Å². The summed E-state index contributed by atoms with van der Waals surface area (Å²) in [5.41, 5.74) is 6.19. The van der Waals surface area contributed by atoms with Crippen LogP contribution < -0.4 is 16.4 Å². The molecule has 0 atom stereocenters. The average molecular weight is 221 g/mol. The number of hydrogen-bond acceptors (Lipinski definition) is 2. The van der Waals surface area contributed by atoms with Gasteiger partial charge in [0.15, 0.2) is 0 Å². The molecular weight excluding hydrogens is 206 g/mol. The molecule has 0 unspecified atom stereocenters. The molecule has 0 fully saturated rings. The van der Waals surface area contributed by atoms with Crippen LogP contribution in [0.25, 0.3) is 0 Å². The van der Waals surface area contributed by atoms with Crippen LogP contribution in [0.15, 0.2) is 24.3 Å². The molecule has 86 valence electrons. The fourth-order valence-electron chi connectivity index (χ4n) is 1.27. The molecule has 4 N–H and O–H groups in total. The third-order valence-electron chi connectivity index (χ3n) is 1.89. The predicted molar refractivity (Wildman–Crippen MR) is 63.2 cm³/mol. The normalized spacial score (nSPS) is 9.56. The van der Waals surface area contributed by atoms with Crippen molar-refractivity contribution in [2.24, 2.45) is 5.73 Å². The van der Waals surface area contributed by atoms with Crippen LogP contribution in [0.4, 0.5) is 16.2 Å². The fraction of sp³-hybridized carbons (Fsp3) is 0.273. The van der Waals surface area contributed by atoms with Gasteiger partial charge in [0.1, 0.15) is 0 Å². The minimum atomic E-state index is -0.628. The van der Waals surface area contributed by atoms with E-state index in [4.69, 9.17) is 5.73 Å². The van der Waals surface area contributed by atoms with E-state index in [0.717, 1.165) is 6.42 Å². The second-order valence-corrected chi connectivity index (χ2v) is 3.37. The second kappa shape index (κ2) is 5.75. The van der Waals surface area contributed by atoms with Crippen molar-refractivity contribution in [3.8, 4) is 0 Å². The fourth-order valence-corrected chi connectivity index (χ4v) is 1.27. The Morgan fingerprint density at radius 1 is 1.25 bits per heavy atom. The lowest BCUT2D eigenvalue weighted by Gasteiger charge is -2.06. The Morgan fingerprint density at radius 3 is 2.44 bits per heavy atom. The van der Waals surface area contributed by atoms with Crippen LogP contribution in [-0.2, 0) is 4.79 Å². The van der Waals surface area contributed by atoms with E-state index in [9.17, 15) is 9.59 Å². The molecule has 0 saturated heterocycles. The largest absolute Gasteiger partial charge is 0.351 e. The topological polar surface area (TPSA) is 84.2 Å². The molecule has 0 spiro atoms. The van der Waals surface area contributed by atoms with E-state index >= 15 is 0 Å². The Labute approximate surface area is 94.0 Å². The highest BCUT2D eigenvalue weighted by molar-refractivity contribution is 5.92. The zero-order valence-electron chi connectivity index (χ0n) is 9.12. The van der Waals surface area contributed by atoms with Crippen LogP contribution in [0, 0.1) is 0 Å². The van der Waals surface area contributed by atoms with E-state index in [1.807, 2.05) is 6.92 Å². The van der Waals surface area contributed by atoms with Gasteiger partial charge in [-0.15, -0.1) is 0 Å². The molecule has 0 aromatic heterocycles. The van der Waals surface area contributed by atoms with Crippen molar-refractivity contribution in [2.45, 2.75) is 19.8 Å². The van der Waals surface area contributed by atoms with Crippen molar-refractivity contribution in [1.82, 2.24) is 0 Å². The predicted octanol–water partition coefficient (Wildman–Crippen LogP) is 1.92. The number of carbonyl (C=O) groups is 2. The Morgan fingerprint density at radius 2 is 1.88 bits per heavy atom. The standard InChI is InChI=1S/C11H15N3O2/c1-2-4-10(15)13-8-5-3-6-9(7-8)14-11(12)16/h3,5-7H,2,4H2,1H3,(H,13,15)(H3,12,14,16). The Balaban J connectivity index is 2.67. The van der Waals surface area contributed by atoms with Crippen molar-refractivity contribution >= 4 is 23.3 Å². The highest BCUT2D eigenvalue weighted by Crippen LogP contribution is 2.15. The van der Waals surface area contributed by atoms with E-state index in [-0.39, 0.29) is 5.91 Å².